The van der Waals surface area contributed by atoms with Gasteiger partial charge in [-0.2, -0.15) is 0 Å². The van der Waals surface area contributed by atoms with Gasteiger partial charge in [0.1, 0.15) is 35.0 Å². The Balaban J connectivity index is 5.65. The lowest BCUT2D eigenvalue weighted by atomic mass is 10.0. The summed E-state index contributed by atoms with van der Waals surface area (Å²) in [6.45, 7) is 27.6. The van der Waals surface area contributed by atoms with Crippen LogP contribution in [-0.2, 0) is 28.5 Å². The number of amides is 6. The Hall–Kier alpha value is -3.28. The van der Waals surface area contributed by atoms with E-state index in [1.165, 1.54) is 88.4 Å². The predicted molar refractivity (Wildman–Crippen MR) is 315 cm³/mol. The van der Waals surface area contributed by atoms with E-state index in [0.717, 1.165) is 44.3 Å². The van der Waals surface area contributed by atoms with Crippen LogP contribution in [0.3, 0.4) is 0 Å². The number of hydrogen-bond donors (Lipinski definition) is 3. The summed E-state index contributed by atoms with van der Waals surface area (Å²) in [5, 5.41) is 8.73. The quantitative estimate of drug-likeness (QED) is 0.0299. The fraction of sp³-hybridized carbons (Fsp3) is 0.897. The van der Waals surface area contributed by atoms with Crippen LogP contribution in [0.2, 0.25) is 0 Å². The molecule has 0 aromatic rings. The van der Waals surface area contributed by atoms with Gasteiger partial charge in [0.2, 0.25) is 11.8 Å². The molecule has 0 aliphatic rings. The summed E-state index contributed by atoms with van der Waals surface area (Å²) in [5.74, 6) is 0.612. The highest BCUT2D eigenvalue weighted by Gasteiger charge is 2.29. The topological polar surface area (TPSA) is 185 Å². The van der Waals surface area contributed by atoms with Gasteiger partial charge in [-0.15, -0.1) is 0 Å². The normalized spacial score (nSPS) is 12.3. The van der Waals surface area contributed by atoms with Crippen molar-refractivity contribution in [3.8, 4) is 0 Å². The molecule has 0 spiro atoms. The van der Waals surface area contributed by atoms with E-state index in [1.807, 2.05) is 0 Å². The molecule has 0 aliphatic carbocycles. The molecule has 76 heavy (non-hydrogen) atoms. The Morgan fingerprint density at radius 3 is 1.22 bits per heavy atom. The average Bonchev–Trinajstić information content (AvgIpc) is 3.29. The van der Waals surface area contributed by atoms with Gasteiger partial charge in [-0.25, -0.2) is 19.2 Å². The molecule has 6 amide bonds. The second-order valence-corrected chi connectivity index (χ2v) is 26.8. The Morgan fingerprint density at radius 2 is 0.776 bits per heavy atom. The fourth-order valence-corrected chi connectivity index (χ4v) is 10.1. The maximum Gasteiger partial charge on any atom is 0.410 e. The summed E-state index contributed by atoms with van der Waals surface area (Å²) < 4.78 is 22.5. The summed E-state index contributed by atoms with van der Waals surface area (Å²) in [6.07, 6.45) is 23.4. The van der Waals surface area contributed by atoms with Gasteiger partial charge in [0, 0.05) is 57.3 Å². The van der Waals surface area contributed by atoms with Crippen molar-refractivity contribution in [3.63, 3.8) is 0 Å². The molecule has 0 aliphatic heterocycles. The van der Waals surface area contributed by atoms with Crippen LogP contribution in [0.15, 0.2) is 0 Å². The van der Waals surface area contributed by atoms with Crippen molar-refractivity contribution in [1.82, 2.24) is 30.7 Å². The zero-order valence-electron chi connectivity index (χ0n) is 50.7. The summed E-state index contributed by atoms with van der Waals surface area (Å²) >= 11 is 0. The monoisotopic (exact) mass is 1120 g/mol. The molecule has 16 nitrogen and oxygen atoms in total. The first-order valence-electron chi connectivity index (χ1n) is 29.4. The van der Waals surface area contributed by atoms with Crippen molar-refractivity contribution in [2.24, 2.45) is 0 Å². The minimum absolute atomic E-state index is 0.0868. The van der Waals surface area contributed by atoms with Crippen LogP contribution in [-0.4, -0.2) is 143 Å². The molecule has 0 saturated carbocycles. The predicted octanol–water partition coefficient (Wildman–Crippen LogP) is 14.2. The summed E-state index contributed by atoms with van der Waals surface area (Å²) in [6, 6.07) is -0.791. The van der Waals surface area contributed by atoms with Crippen LogP contribution in [0.25, 0.3) is 0 Å². The molecule has 0 bridgehead atoms. The van der Waals surface area contributed by atoms with Gasteiger partial charge in [-0.3, -0.25) is 14.5 Å². The molecular formula is C58H112N6O10S2. The smallest absolute Gasteiger partial charge is 0.410 e. The van der Waals surface area contributed by atoms with Crippen LogP contribution in [0.4, 0.5) is 19.2 Å². The van der Waals surface area contributed by atoms with E-state index in [1.54, 1.807) is 114 Å². The number of nitrogens with one attached hydrogen (secondary N) is 3. The number of ether oxygens (including phenoxy) is 4. The number of alkyl carbamates (subject to hydrolysis) is 1. The number of unbranched alkanes of at least 4 members (excludes halogenated alkanes) is 18. The van der Waals surface area contributed by atoms with E-state index >= 15 is 0 Å². The number of nitrogens with zero attached hydrogens (tertiary/aromatic N) is 3. The molecule has 3 N–H and O–H groups in total. The molecule has 446 valence electrons. The Labute approximate surface area is 471 Å². The molecule has 18 heteroatoms. The molecular weight excluding hydrogens is 1000 g/mol. The number of carbonyl (C=O) groups is 6. The summed E-state index contributed by atoms with van der Waals surface area (Å²) in [4.78, 5) is 84.6. The van der Waals surface area contributed by atoms with Gasteiger partial charge in [0.05, 0.1) is 0 Å². The maximum absolute atomic E-state index is 13.8. The molecule has 0 aromatic heterocycles. The molecule has 0 radical (unpaired) electrons. The molecule has 1 atom stereocenters. The summed E-state index contributed by atoms with van der Waals surface area (Å²) in [7, 11) is 3.26. The highest BCUT2D eigenvalue weighted by atomic mass is 33.1. The largest absolute Gasteiger partial charge is 0.444 e. The maximum atomic E-state index is 13.8. The second kappa shape index (κ2) is 41.7. The van der Waals surface area contributed by atoms with Gasteiger partial charge in [0.15, 0.2) is 0 Å². The van der Waals surface area contributed by atoms with E-state index < -0.39 is 58.7 Å². The van der Waals surface area contributed by atoms with Crippen LogP contribution in [0, 0.1) is 0 Å². The van der Waals surface area contributed by atoms with Crippen LogP contribution in [0.1, 0.15) is 245 Å². The summed E-state index contributed by atoms with van der Waals surface area (Å²) in [5.41, 5.74) is -2.94. The van der Waals surface area contributed by atoms with E-state index in [0.29, 0.717) is 64.2 Å². The molecule has 0 aromatic carbocycles. The van der Waals surface area contributed by atoms with Gasteiger partial charge in [-0.1, -0.05) is 145 Å². The van der Waals surface area contributed by atoms with Crippen molar-refractivity contribution in [1.29, 1.82) is 0 Å². The van der Waals surface area contributed by atoms with E-state index in [9.17, 15) is 28.8 Å². The third-order valence-electron chi connectivity index (χ3n) is 11.7. The molecule has 0 heterocycles. The number of hydrogen-bond acceptors (Lipinski definition) is 12. The number of carbonyl (C=O) groups excluding carboxylic acids is 6. The van der Waals surface area contributed by atoms with Crippen LogP contribution in [0.5, 0.6) is 0 Å². The Kier molecular flexibility index (Phi) is 39.9. The van der Waals surface area contributed by atoms with Gasteiger partial charge >= 0.3 is 24.4 Å². The van der Waals surface area contributed by atoms with Crippen molar-refractivity contribution in [3.05, 3.63) is 0 Å². The van der Waals surface area contributed by atoms with Crippen molar-refractivity contribution < 1.29 is 47.7 Å². The highest BCUT2D eigenvalue weighted by molar-refractivity contribution is 8.76. The molecule has 0 fully saturated rings. The van der Waals surface area contributed by atoms with Crippen LogP contribution < -0.4 is 16.0 Å². The highest BCUT2D eigenvalue weighted by Crippen LogP contribution is 2.24. The van der Waals surface area contributed by atoms with Crippen LogP contribution >= 0.6 is 21.6 Å². The van der Waals surface area contributed by atoms with Gasteiger partial charge in [0.25, 0.3) is 0 Å². The molecule has 0 rings (SSSR count). The fourth-order valence-electron chi connectivity index (χ4n) is 7.83. The molecule has 0 saturated heterocycles. The Morgan fingerprint density at radius 1 is 0.408 bits per heavy atom. The third kappa shape index (κ3) is 44.7. The van der Waals surface area contributed by atoms with E-state index in [-0.39, 0.29) is 25.5 Å². The second-order valence-electron chi connectivity index (χ2n) is 24.2. The minimum atomic E-state index is -0.836. The Bertz CT molecular complexity index is 1580. The first kappa shape index (κ1) is 72.7. The average molecular weight is 1120 g/mol. The zero-order valence-corrected chi connectivity index (χ0v) is 52.3. The lowest BCUT2D eigenvalue weighted by molar-refractivity contribution is -0.129. The zero-order chi connectivity index (χ0) is 57.5. The lowest BCUT2D eigenvalue weighted by Crippen LogP contribution is -2.52. The van der Waals surface area contributed by atoms with E-state index in [2.05, 4.69) is 29.8 Å². The number of rotatable bonds is 41. The third-order valence-corrected chi connectivity index (χ3v) is 14.2. The first-order valence-corrected chi connectivity index (χ1v) is 31.9. The first-order chi connectivity index (χ1) is 35.7. The lowest BCUT2D eigenvalue weighted by Gasteiger charge is -2.30. The molecule has 0 unspecified atom stereocenters. The standard InChI is InChI=1S/C58H112N6O10S2/c1-15-17-19-20-21-22-23-24-25-26-27-28-29-30-31-32-38-59-50(66)48(47-76-75-45-35-18-16-2)61-49(65)46-64(54(70)74-58(12,13)14)44-37-43-63(53(69)73-57(9,10)11)41-34-33-40-62(52(68)72-56(6,7)8)42-36-39-60-51(67)71-55(3,4)5/h48H,15-47H2,1-14H3,(H,59,66)(H,60,67)(H,61,65)/t48-/m0/s1. The van der Waals surface area contributed by atoms with Crippen molar-refractivity contribution in [2.75, 3.05) is 63.9 Å². The van der Waals surface area contributed by atoms with Crippen molar-refractivity contribution in [2.45, 2.75) is 273 Å². The minimum Gasteiger partial charge on any atom is -0.444 e. The van der Waals surface area contributed by atoms with Gasteiger partial charge in [-0.05, 0) is 122 Å². The van der Waals surface area contributed by atoms with E-state index in [4.69, 9.17) is 18.9 Å². The van der Waals surface area contributed by atoms with Crippen molar-refractivity contribution >= 4 is 57.8 Å². The SMILES string of the molecule is CCCCCCCCCCCCCCCCCCNC(=O)[C@H](CSSCCCCC)NC(=O)CN(CCCN(CCCCN(CCCNC(=O)OC(C)(C)C)C(=O)OC(C)(C)C)C(=O)OC(C)(C)C)C(=O)OC(C)(C)C. The van der Waals surface area contributed by atoms with Gasteiger partial charge < -0.3 is 44.7 Å².